The van der Waals surface area contributed by atoms with Crippen molar-refractivity contribution in [3.8, 4) is 5.75 Å². The molecule has 0 bridgehead atoms. The van der Waals surface area contributed by atoms with Crippen molar-refractivity contribution in [1.82, 2.24) is 0 Å². The van der Waals surface area contributed by atoms with Gasteiger partial charge in [-0.2, -0.15) is 25.7 Å². The smallest absolute Gasteiger partial charge is 0.294 e. The topological polar surface area (TPSA) is 210 Å². The minimum Gasteiger partial charge on any atom is -0.691 e. The summed E-state index contributed by atoms with van der Waals surface area (Å²) in [7, 11) is -8.72. The maximum Gasteiger partial charge on any atom is 0.294 e. The summed E-state index contributed by atoms with van der Waals surface area (Å²) < 4.78 is 98.0. The second kappa shape index (κ2) is 21.5. The predicted molar refractivity (Wildman–Crippen MR) is 242 cm³/mol. The first-order valence-corrected chi connectivity index (χ1v) is 25.0. The highest BCUT2D eigenvalue weighted by molar-refractivity contribution is 7.94. The van der Waals surface area contributed by atoms with Gasteiger partial charge in [0.15, 0.2) is 17.2 Å². The molecule has 0 spiro atoms. The number of para-hydroxylation sites is 1. The van der Waals surface area contributed by atoms with E-state index in [9.17, 15) is 36.0 Å². The molecule has 3 aliphatic rings. The van der Waals surface area contributed by atoms with Crippen LogP contribution in [-0.4, -0.2) is 87.1 Å². The maximum absolute atomic E-state index is 12.3. The Bertz CT molecular complexity index is 2580. The Morgan fingerprint density at radius 3 is 2.35 bits per heavy atom. The lowest BCUT2D eigenvalue weighted by atomic mass is 9.81. The molecule has 0 aliphatic carbocycles. The van der Waals surface area contributed by atoms with E-state index >= 15 is 0 Å². The zero-order chi connectivity index (χ0) is 46.8. The van der Waals surface area contributed by atoms with Crippen molar-refractivity contribution in [1.29, 1.82) is 0 Å². The van der Waals surface area contributed by atoms with Gasteiger partial charge in [0.05, 0.1) is 22.7 Å². The van der Waals surface area contributed by atoms with E-state index in [-0.39, 0.29) is 36.9 Å². The quantitative estimate of drug-likeness (QED) is 0.0202. The highest BCUT2D eigenvalue weighted by atomic mass is 32.2. The standard InChI is InChI=1S/C46H54N2O14S3/c1-45(2)36-11-5-6-12-38(36)47(24-7-9-29-63-62-61-50)42(45)21-19-40-44(60-34-15-13-33(14-16-34)23-26-57-32-49)41(59-28-27-58-40)20-22-43-46(3,4)37-31-35(65(54,55)56)17-18-39(37)48(43)25-8-10-30-64(51,52)53/h5-6,11-22,31-32H,7-10,23-30H2,1-4H3,(H2-,50,51,52,53,54,55,56). The monoisotopic (exact) mass is 954 g/mol. The number of carbonyl (C=O) groups excluding carboxylic acids is 1. The van der Waals surface area contributed by atoms with Crippen molar-refractivity contribution in [2.75, 3.05) is 49.3 Å². The number of benzene rings is 3. The lowest BCUT2D eigenvalue weighted by Crippen LogP contribution is -2.28. The summed E-state index contributed by atoms with van der Waals surface area (Å²) in [6.45, 7) is 10.1. The number of hydrogen-bond acceptors (Lipinski definition) is 14. The molecule has 0 radical (unpaired) electrons. The third-order valence-corrected chi connectivity index (χ3v) is 13.7. The highest BCUT2D eigenvalue weighted by Crippen LogP contribution is 2.49. The Morgan fingerprint density at radius 2 is 1.63 bits per heavy atom. The van der Waals surface area contributed by atoms with Crippen molar-refractivity contribution in [3.05, 3.63) is 131 Å². The number of nitrogens with zero attached hydrogens (tertiary/aromatic N) is 2. The number of ether oxygens (including phenoxy) is 4. The molecule has 0 aromatic heterocycles. The van der Waals surface area contributed by atoms with E-state index in [2.05, 4.69) is 39.9 Å². The summed E-state index contributed by atoms with van der Waals surface area (Å²) >= 11 is 0.962. The van der Waals surface area contributed by atoms with Gasteiger partial charge in [0.1, 0.15) is 25.5 Å². The van der Waals surface area contributed by atoms with Gasteiger partial charge in [0, 0.05) is 71.7 Å². The van der Waals surface area contributed by atoms with Crippen molar-refractivity contribution < 1.29 is 68.9 Å². The van der Waals surface area contributed by atoms with Gasteiger partial charge in [-0.3, -0.25) is 18.9 Å². The molecule has 0 saturated heterocycles. The average Bonchev–Trinajstić information content (AvgIpc) is 3.49. The van der Waals surface area contributed by atoms with E-state index in [4.69, 9.17) is 18.9 Å². The lowest BCUT2D eigenvalue weighted by molar-refractivity contribution is -0.777. The number of allylic oxidation sites excluding steroid dienone is 5. The Morgan fingerprint density at radius 1 is 0.877 bits per heavy atom. The van der Waals surface area contributed by atoms with Crippen molar-refractivity contribution in [3.63, 3.8) is 0 Å². The normalized spacial score (nSPS) is 18.2. The molecule has 350 valence electrons. The van der Waals surface area contributed by atoms with Crippen LogP contribution in [0.2, 0.25) is 0 Å². The van der Waals surface area contributed by atoms with Crippen LogP contribution in [0.4, 0.5) is 11.4 Å². The third kappa shape index (κ3) is 12.3. The number of hydrogen-bond donors (Lipinski definition) is 2. The molecular formula is C46H54N2O14S3. The average molecular weight is 955 g/mol. The lowest BCUT2D eigenvalue weighted by Gasteiger charge is -2.27. The molecule has 3 aromatic carbocycles. The number of rotatable bonds is 22. The molecular weight excluding hydrogens is 901 g/mol. The number of unbranched alkanes of at least 4 members (excludes halogenated alkanes) is 2. The van der Waals surface area contributed by atoms with E-state index in [1.165, 1.54) is 12.1 Å². The van der Waals surface area contributed by atoms with Crippen LogP contribution < -0.4 is 14.9 Å². The third-order valence-electron chi connectivity index (χ3n) is 11.5. The van der Waals surface area contributed by atoms with Gasteiger partial charge in [0.25, 0.3) is 26.7 Å². The fourth-order valence-corrected chi connectivity index (χ4v) is 9.76. The predicted octanol–water partition coefficient (Wildman–Crippen LogP) is 6.80. The molecule has 3 aromatic rings. The molecule has 65 heavy (non-hydrogen) atoms. The van der Waals surface area contributed by atoms with Crippen LogP contribution in [0.25, 0.3) is 0 Å². The SMILES string of the molecule is CC1(C)C(/C=C/C2=C(Oc3ccc(CCOC=O)cc3)C(=C/C=C3/N(CCCCS(=O)(=O)O)c4ccc(S(=O)(=O)O)cc4C3(C)C)/OCCO2)=[N+](CCCCSOO[O-])c2ccccc21. The molecule has 16 nitrogen and oxygen atoms in total. The number of fused-ring (bicyclic) bond motifs is 2. The largest absolute Gasteiger partial charge is 0.691 e. The Kier molecular flexibility index (Phi) is 16.4. The summed E-state index contributed by atoms with van der Waals surface area (Å²) in [5.41, 5.74) is 4.95. The van der Waals surface area contributed by atoms with Gasteiger partial charge >= 0.3 is 0 Å². The van der Waals surface area contributed by atoms with Crippen molar-refractivity contribution in [2.24, 2.45) is 0 Å². The molecule has 2 N–H and O–H groups in total. The van der Waals surface area contributed by atoms with Gasteiger partial charge < -0.3 is 29.1 Å². The molecule has 0 amide bonds. The van der Waals surface area contributed by atoms with Crippen LogP contribution in [0, 0.1) is 0 Å². The Hall–Kier alpha value is -4.99. The summed E-state index contributed by atoms with van der Waals surface area (Å²) in [5.74, 6) is 1.61. The first kappa shape index (κ1) is 49.4. The number of carbonyl (C=O) groups is 1. The second-order valence-electron chi connectivity index (χ2n) is 16.5. The summed E-state index contributed by atoms with van der Waals surface area (Å²) in [4.78, 5) is 12.4. The molecule has 6 rings (SSSR count). The van der Waals surface area contributed by atoms with Crippen LogP contribution in [0.5, 0.6) is 5.75 Å². The second-order valence-corrected chi connectivity index (χ2v) is 20.3. The molecule has 0 atom stereocenters. The van der Waals surface area contributed by atoms with Gasteiger partial charge in [-0.15, -0.1) is 0 Å². The molecule has 0 saturated carbocycles. The van der Waals surface area contributed by atoms with E-state index in [0.29, 0.717) is 72.4 Å². The molecule has 0 fully saturated rings. The summed E-state index contributed by atoms with van der Waals surface area (Å²) in [6, 6.07) is 19.9. The van der Waals surface area contributed by atoms with Crippen LogP contribution in [-0.2, 0) is 65.9 Å². The minimum atomic E-state index is -4.53. The van der Waals surface area contributed by atoms with E-state index in [1.807, 2.05) is 61.2 Å². The first-order valence-electron chi connectivity index (χ1n) is 21.1. The molecule has 3 heterocycles. The molecule has 19 heteroatoms. The van der Waals surface area contributed by atoms with Crippen molar-refractivity contribution in [2.45, 2.75) is 75.5 Å². The highest BCUT2D eigenvalue weighted by Gasteiger charge is 2.44. The fourth-order valence-electron chi connectivity index (χ4n) is 8.26. The minimum absolute atomic E-state index is 0.161. The van der Waals surface area contributed by atoms with Gasteiger partial charge in [0.2, 0.25) is 11.4 Å². The van der Waals surface area contributed by atoms with Crippen LogP contribution >= 0.6 is 12.0 Å². The van der Waals surface area contributed by atoms with E-state index in [0.717, 1.165) is 47.4 Å². The Labute approximate surface area is 384 Å². The Balaban J connectivity index is 1.44. The molecule has 0 unspecified atom stereocenters. The van der Waals surface area contributed by atoms with Crippen molar-refractivity contribution >= 4 is 55.8 Å². The fraction of sp³-hybridized carbons (Fsp3) is 0.391. The first-order chi connectivity index (χ1) is 31.0. The van der Waals surface area contributed by atoms with Gasteiger partial charge in [-0.25, -0.2) is 0 Å². The zero-order valence-corrected chi connectivity index (χ0v) is 39.1. The zero-order valence-electron chi connectivity index (χ0n) is 36.6. The number of anilines is 1. The van der Waals surface area contributed by atoms with Gasteiger partial charge in [-0.1, -0.05) is 44.2 Å². The van der Waals surface area contributed by atoms with E-state index < -0.39 is 36.8 Å². The summed E-state index contributed by atoms with van der Waals surface area (Å²) in [5, 5.41) is 13.8. The van der Waals surface area contributed by atoms with E-state index in [1.54, 1.807) is 24.3 Å². The van der Waals surface area contributed by atoms with Crippen LogP contribution in [0.3, 0.4) is 0 Å². The molecule has 3 aliphatic heterocycles. The summed E-state index contributed by atoms with van der Waals surface area (Å²) in [6.07, 6.45) is 10.1. The van der Waals surface area contributed by atoms with Gasteiger partial charge in [-0.05, 0) is 92.8 Å². The van der Waals surface area contributed by atoms with Crippen LogP contribution in [0.1, 0.15) is 70.1 Å². The van der Waals surface area contributed by atoms with Crippen LogP contribution in [0.15, 0.2) is 119 Å². The maximum atomic E-state index is 12.3.